The predicted octanol–water partition coefficient (Wildman–Crippen LogP) is 2.42. The van der Waals surface area contributed by atoms with Crippen LogP contribution in [-0.4, -0.2) is 33.7 Å². The molecule has 0 fully saturated rings. The van der Waals surface area contributed by atoms with E-state index in [1.54, 1.807) is 31.3 Å². The van der Waals surface area contributed by atoms with Gasteiger partial charge in [0.2, 0.25) is 0 Å². The van der Waals surface area contributed by atoms with Gasteiger partial charge in [-0.05, 0) is 12.1 Å². The Morgan fingerprint density at radius 2 is 2.12 bits per heavy atom. The first-order valence-corrected chi connectivity index (χ1v) is 7.43. The van der Waals surface area contributed by atoms with Crippen molar-refractivity contribution in [2.45, 2.75) is 6.73 Å². The molecule has 1 aromatic carbocycles. The third-order valence-electron chi connectivity index (χ3n) is 3.52. The number of methoxy groups -OCH3 is 2. The molecule has 0 aliphatic carbocycles. The van der Waals surface area contributed by atoms with Crippen LogP contribution in [0.2, 0.25) is 0 Å². The second-order valence-corrected chi connectivity index (χ2v) is 5.04. The molecule has 0 bridgehead atoms. The van der Waals surface area contributed by atoms with Gasteiger partial charge >= 0.3 is 0 Å². The molecule has 2 heterocycles. The van der Waals surface area contributed by atoms with Gasteiger partial charge in [0, 0.05) is 13.3 Å². The SMILES string of the molecule is COCn1cnc2c(/C(C#N)=C\Nc3ccccc3OC)ncnc21. The van der Waals surface area contributed by atoms with Gasteiger partial charge in [0.05, 0.1) is 24.7 Å². The predicted molar refractivity (Wildman–Crippen MR) is 92.5 cm³/mol. The smallest absolute Gasteiger partial charge is 0.165 e. The Morgan fingerprint density at radius 3 is 2.88 bits per heavy atom. The summed E-state index contributed by atoms with van der Waals surface area (Å²) in [5.41, 5.74) is 2.66. The molecule has 3 rings (SSSR count). The van der Waals surface area contributed by atoms with Gasteiger partial charge in [0.25, 0.3) is 0 Å². The van der Waals surface area contributed by atoms with Gasteiger partial charge in [0.1, 0.15) is 36.1 Å². The molecule has 0 spiro atoms. The minimum Gasteiger partial charge on any atom is -0.495 e. The Labute approximate surface area is 144 Å². The van der Waals surface area contributed by atoms with Crippen LogP contribution in [0, 0.1) is 11.3 Å². The van der Waals surface area contributed by atoms with Gasteiger partial charge in [-0.3, -0.25) is 4.57 Å². The van der Waals surface area contributed by atoms with Crippen molar-refractivity contribution in [3.8, 4) is 11.8 Å². The van der Waals surface area contributed by atoms with E-state index in [2.05, 4.69) is 26.3 Å². The molecule has 8 heteroatoms. The van der Waals surface area contributed by atoms with Crippen LogP contribution in [0.15, 0.2) is 43.1 Å². The topological polar surface area (TPSA) is 97.9 Å². The number of rotatable bonds is 6. The molecular weight excluding hydrogens is 320 g/mol. The number of nitrogens with zero attached hydrogens (tertiary/aromatic N) is 5. The summed E-state index contributed by atoms with van der Waals surface area (Å²) < 4.78 is 12.1. The lowest BCUT2D eigenvalue weighted by Gasteiger charge is -2.08. The lowest BCUT2D eigenvalue weighted by Crippen LogP contribution is -2.01. The third-order valence-corrected chi connectivity index (χ3v) is 3.52. The Morgan fingerprint density at radius 1 is 1.28 bits per heavy atom. The highest BCUT2D eigenvalue weighted by Crippen LogP contribution is 2.25. The molecule has 0 unspecified atom stereocenters. The van der Waals surface area contributed by atoms with E-state index in [0.29, 0.717) is 34.9 Å². The van der Waals surface area contributed by atoms with Crippen molar-refractivity contribution >= 4 is 22.4 Å². The minimum atomic E-state index is 0.317. The third kappa shape index (κ3) is 3.27. The van der Waals surface area contributed by atoms with E-state index in [1.165, 1.54) is 6.33 Å². The highest BCUT2D eigenvalue weighted by molar-refractivity contribution is 5.90. The molecule has 2 aromatic heterocycles. The molecule has 0 radical (unpaired) electrons. The standard InChI is InChI=1S/C17H16N6O2/c1-24-11-23-10-22-16-15(20-9-21-17(16)23)12(7-18)8-19-13-5-3-4-6-14(13)25-2/h3-6,8-10,19H,11H2,1-2H3/b12-8-. The van der Waals surface area contributed by atoms with Crippen molar-refractivity contribution in [2.24, 2.45) is 0 Å². The van der Waals surface area contributed by atoms with E-state index in [4.69, 9.17) is 9.47 Å². The molecule has 8 nitrogen and oxygen atoms in total. The molecule has 126 valence electrons. The van der Waals surface area contributed by atoms with Crippen molar-refractivity contribution in [3.05, 3.63) is 48.8 Å². The number of fused-ring (bicyclic) bond motifs is 1. The first kappa shape index (κ1) is 16.4. The van der Waals surface area contributed by atoms with E-state index in [9.17, 15) is 5.26 Å². The number of ether oxygens (including phenoxy) is 2. The van der Waals surface area contributed by atoms with Crippen molar-refractivity contribution in [1.29, 1.82) is 5.26 Å². The van der Waals surface area contributed by atoms with E-state index < -0.39 is 0 Å². The molecule has 25 heavy (non-hydrogen) atoms. The maximum atomic E-state index is 9.54. The van der Waals surface area contributed by atoms with Crippen LogP contribution in [0.5, 0.6) is 5.75 Å². The number of para-hydroxylation sites is 2. The van der Waals surface area contributed by atoms with Crippen LogP contribution in [0.3, 0.4) is 0 Å². The summed E-state index contributed by atoms with van der Waals surface area (Å²) >= 11 is 0. The molecule has 0 aliphatic rings. The van der Waals surface area contributed by atoms with Crippen molar-refractivity contribution < 1.29 is 9.47 Å². The molecule has 0 aliphatic heterocycles. The van der Waals surface area contributed by atoms with E-state index in [0.717, 1.165) is 5.69 Å². The second-order valence-electron chi connectivity index (χ2n) is 5.04. The highest BCUT2D eigenvalue weighted by Gasteiger charge is 2.14. The summed E-state index contributed by atoms with van der Waals surface area (Å²) in [6.45, 7) is 0.317. The van der Waals surface area contributed by atoms with Gasteiger partial charge < -0.3 is 14.8 Å². The normalized spacial score (nSPS) is 11.3. The van der Waals surface area contributed by atoms with Crippen LogP contribution < -0.4 is 10.1 Å². The molecule has 1 N–H and O–H groups in total. The first-order chi connectivity index (χ1) is 12.3. The number of nitrogens with one attached hydrogen (secondary N) is 1. The zero-order valence-corrected chi connectivity index (χ0v) is 13.8. The molecule has 0 saturated heterocycles. The summed E-state index contributed by atoms with van der Waals surface area (Å²) in [6.07, 6.45) is 4.59. The van der Waals surface area contributed by atoms with Gasteiger partial charge in [0.15, 0.2) is 5.65 Å². The summed E-state index contributed by atoms with van der Waals surface area (Å²) in [5.74, 6) is 0.674. The monoisotopic (exact) mass is 336 g/mol. The minimum absolute atomic E-state index is 0.317. The van der Waals surface area contributed by atoms with Crippen molar-refractivity contribution in [3.63, 3.8) is 0 Å². The molecule has 0 amide bonds. The summed E-state index contributed by atoms with van der Waals surface area (Å²) in [6, 6.07) is 9.58. The number of aromatic nitrogens is 4. The fourth-order valence-electron chi connectivity index (χ4n) is 2.38. The van der Waals surface area contributed by atoms with Gasteiger partial charge in [-0.2, -0.15) is 5.26 Å². The number of nitriles is 1. The first-order valence-electron chi connectivity index (χ1n) is 7.43. The van der Waals surface area contributed by atoms with E-state index in [-0.39, 0.29) is 0 Å². The summed E-state index contributed by atoms with van der Waals surface area (Å²) in [5, 5.41) is 12.6. The average Bonchev–Trinajstić information content (AvgIpc) is 3.06. The molecular formula is C17H16N6O2. The maximum Gasteiger partial charge on any atom is 0.165 e. The number of allylic oxidation sites excluding steroid dienone is 1. The van der Waals surface area contributed by atoms with Crippen LogP contribution in [-0.2, 0) is 11.5 Å². The van der Waals surface area contributed by atoms with Crippen LogP contribution in [0.25, 0.3) is 16.7 Å². The Kier molecular flexibility index (Phi) is 4.87. The van der Waals surface area contributed by atoms with Gasteiger partial charge in [-0.15, -0.1) is 0 Å². The second kappa shape index (κ2) is 7.42. The van der Waals surface area contributed by atoms with Crippen molar-refractivity contribution in [2.75, 3.05) is 19.5 Å². The quantitative estimate of drug-likeness (QED) is 0.690. The van der Waals surface area contributed by atoms with Crippen molar-refractivity contribution in [1.82, 2.24) is 19.5 Å². The lowest BCUT2D eigenvalue weighted by atomic mass is 10.2. The van der Waals surface area contributed by atoms with Crippen LogP contribution in [0.1, 0.15) is 5.69 Å². The van der Waals surface area contributed by atoms with Gasteiger partial charge in [-0.1, -0.05) is 12.1 Å². The summed E-state index contributed by atoms with van der Waals surface area (Å²) in [4.78, 5) is 12.7. The maximum absolute atomic E-state index is 9.54. The van der Waals surface area contributed by atoms with E-state index >= 15 is 0 Å². The molecule has 0 saturated carbocycles. The zero-order chi connectivity index (χ0) is 17.6. The fourth-order valence-corrected chi connectivity index (χ4v) is 2.38. The zero-order valence-electron chi connectivity index (χ0n) is 13.8. The highest BCUT2D eigenvalue weighted by atomic mass is 16.5. The van der Waals surface area contributed by atoms with Crippen LogP contribution in [0.4, 0.5) is 5.69 Å². The number of anilines is 1. The Bertz CT molecular complexity index is 957. The molecule has 3 aromatic rings. The van der Waals surface area contributed by atoms with Gasteiger partial charge in [-0.25, -0.2) is 15.0 Å². The Hall–Kier alpha value is -3.44. The number of hydrogen-bond donors (Lipinski definition) is 1. The lowest BCUT2D eigenvalue weighted by molar-refractivity contribution is 0.134. The largest absolute Gasteiger partial charge is 0.495 e. The molecule has 0 atom stereocenters. The van der Waals surface area contributed by atoms with E-state index in [1.807, 2.05) is 24.3 Å². The number of imidazole rings is 1. The number of hydrogen-bond acceptors (Lipinski definition) is 7. The number of benzene rings is 1. The average molecular weight is 336 g/mol. The fraction of sp³-hybridized carbons (Fsp3) is 0.176. The van der Waals surface area contributed by atoms with Crippen LogP contribution >= 0.6 is 0 Å². The Balaban J connectivity index is 1.98. The summed E-state index contributed by atoms with van der Waals surface area (Å²) in [7, 11) is 3.18.